The number of aromatic nitrogens is 3. The molecule has 3 heterocycles. The molecule has 3 aromatic heterocycles. The molecule has 5 nitrogen and oxygen atoms in total. The lowest BCUT2D eigenvalue weighted by atomic mass is 10.00. The van der Waals surface area contributed by atoms with Crippen LogP contribution in [-0.4, -0.2) is 13.7 Å². The number of fused-ring (bicyclic) bond motifs is 7. The Morgan fingerprint density at radius 1 is 0.740 bits per heavy atom. The van der Waals surface area contributed by atoms with Gasteiger partial charge in [0.25, 0.3) is 0 Å². The summed E-state index contributed by atoms with van der Waals surface area (Å²) in [5, 5.41) is 24.6. The van der Waals surface area contributed by atoms with E-state index >= 15 is 0 Å². The third-order valence-corrected chi connectivity index (χ3v) is 10.6. The van der Waals surface area contributed by atoms with E-state index in [2.05, 4.69) is 143 Å². The first kappa shape index (κ1) is 29.8. The van der Waals surface area contributed by atoms with Crippen molar-refractivity contribution < 1.29 is 0 Å². The minimum atomic E-state index is 0.383. The van der Waals surface area contributed by atoms with Gasteiger partial charge in [-0.2, -0.15) is 10.5 Å². The van der Waals surface area contributed by atoms with Crippen LogP contribution in [0.4, 0.5) is 0 Å². The van der Waals surface area contributed by atoms with Crippen LogP contribution in [0.2, 0.25) is 0 Å². The van der Waals surface area contributed by atoms with Crippen LogP contribution in [0, 0.1) is 29.6 Å². The van der Waals surface area contributed by atoms with Crippen LogP contribution in [0.15, 0.2) is 97.1 Å². The number of aryl methyl sites for hydroxylation is 1. The van der Waals surface area contributed by atoms with Gasteiger partial charge in [-0.3, -0.25) is 0 Å². The third-order valence-electron chi connectivity index (χ3n) is 10.6. The Balaban J connectivity index is 1.43. The minimum Gasteiger partial charge on any atom is -0.314 e. The van der Waals surface area contributed by atoms with Crippen molar-refractivity contribution in [2.75, 3.05) is 0 Å². The minimum absolute atomic E-state index is 0.383. The summed E-state index contributed by atoms with van der Waals surface area (Å²) in [7, 11) is 0. The van der Waals surface area contributed by atoms with Crippen LogP contribution >= 0.6 is 0 Å². The SMILES string of the molecule is CC/C=C\c1c2c(n(-c3c(-n4c5ccccc5c5cc6c(cc54)c4c(n6-c5ccccc5)C=CCC4)ccc(C#N)c3C#N)c1C)CCC=C2. The van der Waals surface area contributed by atoms with Gasteiger partial charge in [-0.25, -0.2) is 0 Å². The van der Waals surface area contributed by atoms with Gasteiger partial charge in [0.2, 0.25) is 0 Å². The summed E-state index contributed by atoms with van der Waals surface area (Å²) >= 11 is 0. The molecule has 0 atom stereocenters. The van der Waals surface area contributed by atoms with Crippen molar-refractivity contribution in [2.24, 2.45) is 0 Å². The quantitative estimate of drug-likeness (QED) is 0.187. The number of para-hydroxylation sites is 2. The molecule has 0 aliphatic heterocycles. The van der Waals surface area contributed by atoms with Crippen molar-refractivity contribution in [2.45, 2.75) is 46.0 Å². The van der Waals surface area contributed by atoms with Crippen molar-refractivity contribution in [3.8, 4) is 29.2 Å². The van der Waals surface area contributed by atoms with Gasteiger partial charge in [-0.1, -0.05) is 73.7 Å². The monoisotopic (exact) mass is 645 g/mol. The van der Waals surface area contributed by atoms with Gasteiger partial charge in [0.05, 0.1) is 39.1 Å². The molecular weight excluding hydrogens is 611 g/mol. The van der Waals surface area contributed by atoms with Gasteiger partial charge < -0.3 is 13.7 Å². The zero-order valence-electron chi connectivity index (χ0n) is 28.2. The second-order valence-corrected chi connectivity index (χ2v) is 13.2. The molecule has 0 amide bonds. The van der Waals surface area contributed by atoms with Crippen molar-refractivity contribution >= 4 is 50.9 Å². The van der Waals surface area contributed by atoms with Crippen molar-refractivity contribution in [3.63, 3.8) is 0 Å². The van der Waals surface area contributed by atoms with Crippen molar-refractivity contribution in [1.29, 1.82) is 10.5 Å². The number of hydrogen-bond donors (Lipinski definition) is 0. The van der Waals surface area contributed by atoms with Gasteiger partial charge in [-0.05, 0) is 93.1 Å². The lowest BCUT2D eigenvalue weighted by molar-refractivity contribution is 0.849. The molecule has 0 N–H and O–H groups in total. The molecular formula is C45H35N5. The fourth-order valence-corrected chi connectivity index (χ4v) is 8.40. The van der Waals surface area contributed by atoms with Gasteiger partial charge in [-0.15, -0.1) is 0 Å². The standard InChI is InChI=1S/C45H35N5/c1-3-4-16-32-29(2)48(39-20-11-8-17-33(32)39)45-38(28-47)30(27-46)23-24-42(45)50-41-22-13-10-19-35(41)37-25-43-36(26-44(37)50)34-18-9-12-21-40(34)49(43)31-14-6-5-7-15-31/h4-8,10,12-17,19,21-26H,3,9,11,18,20H2,1-2H3/b16-4-. The molecule has 240 valence electrons. The fraction of sp³-hybridized carbons (Fsp3) is 0.156. The average molecular weight is 646 g/mol. The lowest BCUT2D eigenvalue weighted by Gasteiger charge is -2.21. The first-order valence-corrected chi connectivity index (χ1v) is 17.5. The highest BCUT2D eigenvalue weighted by Gasteiger charge is 2.28. The molecule has 2 aliphatic carbocycles. The predicted molar refractivity (Wildman–Crippen MR) is 205 cm³/mol. The van der Waals surface area contributed by atoms with Gasteiger partial charge in [0, 0.05) is 50.1 Å². The zero-order valence-corrected chi connectivity index (χ0v) is 28.2. The van der Waals surface area contributed by atoms with Crippen LogP contribution in [0.25, 0.3) is 68.0 Å². The van der Waals surface area contributed by atoms with Crippen LogP contribution < -0.4 is 0 Å². The summed E-state index contributed by atoms with van der Waals surface area (Å²) in [5.41, 5.74) is 14.1. The molecule has 5 heteroatoms. The van der Waals surface area contributed by atoms with E-state index in [1.165, 1.54) is 39.0 Å². The average Bonchev–Trinajstić information content (AvgIpc) is 3.76. The normalized spacial score (nSPS) is 13.7. The summed E-state index contributed by atoms with van der Waals surface area (Å²) in [6.45, 7) is 4.29. The smallest absolute Gasteiger partial charge is 0.103 e. The summed E-state index contributed by atoms with van der Waals surface area (Å²) in [5.74, 6) is 0. The molecule has 9 rings (SSSR count). The van der Waals surface area contributed by atoms with Gasteiger partial charge in [0.1, 0.15) is 12.1 Å². The Bertz CT molecular complexity index is 2710. The number of hydrogen-bond acceptors (Lipinski definition) is 2. The Labute approximate surface area is 291 Å². The van der Waals surface area contributed by atoms with Crippen LogP contribution in [0.3, 0.4) is 0 Å². The van der Waals surface area contributed by atoms with Crippen LogP contribution in [0.1, 0.15) is 71.1 Å². The largest absolute Gasteiger partial charge is 0.314 e. The van der Waals surface area contributed by atoms with Crippen LogP contribution in [-0.2, 0) is 12.8 Å². The molecule has 0 spiro atoms. The molecule has 0 radical (unpaired) electrons. The number of benzene rings is 4. The molecule has 0 saturated heterocycles. The Morgan fingerprint density at radius 2 is 1.50 bits per heavy atom. The lowest BCUT2D eigenvalue weighted by Crippen LogP contribution is -2.12. The molecule has 0 bridgehead atoms. The Kier molecular flexibility index (Phi) is 6.97. The van der Waals surface area contributed by atoms with Gasteiger partial charge in [0.15, 0.2) is 0 Å². The maximum absolute atomic E-state index is 10.8. The third kappa shape index (κ3) is 4.24. The molecule has 2 aliphatic rings. The first-order chi connectivity index (χ1) is 24.6. The summed E-state index contributed by atoms with van der Waals surface area (Å²) in [4.78, 5) is 0. The first-order valence-electron chi connectivity index (χ1n) is 17.5. The zero-order chi connectivity index (χ0) is 33.9. The Hall–Kier alpha value is -6.30. The van der Waals surface area contributed by atoms with Gasteiger partial charge >= 0.3 is 0 Å². The topological polar surface area (TPSA) is 62.4 Å². The maximum atomic E-state index is 10.8. The second kappa shape index (κ2) is 11.7. The van der Waals surface area contributed by atoms with E-state index in [-0.39, 0.29) is 0 Å². The molecule has 0 unspecified atom stereocenters. The highest BCUT2D eigenvalue weighted by Crippen LogP contribution is 2.43. The molecule has 0 fully saturated rings. The summed E-state index contributed by atoms with van der Waals surface area (Å²) in [6.07, 6.45) is 18.1. The molecule has 4 aromatic carbocycles. The molecule has 0 saturated carbocycles. The van der Waals surface area contributed by atoms with Crippen molar-refractivity contribution in [1.82, 2.24) is 13.7 Å². The fourth-order valence-electron chi connectivity index (χ4n) is 8.40. The summed E-state index contributed by atoms with van der Waals surface area (Å²) in [6, 6.07) is 32.6. The van der Waals surface area contributed by atoms with E-state index in [1.807, 2.05) is 12.1 Å². The second-order valence-electron chi connectivity index (χ2n) is 13.2. The molecule has 7 aromatic rings. The van der Waals surface area contributed by atoms with E-state index < -0.39 is 0 Å². The number of nitriles is 2. The van der Waals surface area contributed by atoms with E-state index in [0.29, 0.717) is 11.1 Å². The van der Waals surface area contributed by atoms with E-state index in [0.717, 1.165) is 76.7 Å². The summed E-state index contributed by atoms with van der Waals surface area (Å²) < 4.78 is 7.01. The molecule has 50 heavy (non-hydrogen) atoms. The highest BCUT2D eigenvalue weighted by atomic mass is 15.1. The maximum Gasteiger partial charge on any atom is 0.103 e. The predicted octanol–water partition coefficient (Wildman–Crippen LogP) is 10.9. The highest BCUT2D eigenvalue weighted by molar-refractivity contribution is 6.14. The van der Waals surface area contributed by atoms with E-state index in [9.17, 15) is 10.5 Å². The number of allylic oxidation sites excluding steroid dienone is 3. The van der Waals surface area contributed by atoms with E-state index in [4.69, 9.17) is 0 Å². The number of rotatable bonds is 5. The Morgan fingerprint density at radius 3 is 2.32 bits per heavy atom. The van der Waals surface area contributed by atoms with Crippen molar-refractivity contribution in [3.05, 3.63) is 142 Å². The number of nitrogens with zero attached hydrogens (tertiary/aromatic N) is 5. The van der Waals surface area contributed by atoms with E-state index in [1.54, 1.807) is 0 Å². The van der Waals surface area contributed by atoms with Crippen LogP contribution in [0.5, 0.6) is 0 Å².